The molecule has 8 nitrogen and oxygen atoms in total. The topological polar surface area (TPSA) is 84.5 Å². The summed E-state index contributed by atoms with van der Waals surface area (Å²) in [4.78, 5) is 27.1. The molecule has 160 valence electrons. The molecule has 1 aromatic carbocycles. The van der Waals surface area contributed by atoms with Gasteiger partial charge in [0, 0.05) is 18.6 Å². The second kappa shape index (κ2) is 8.67. The molecule has 0 saturated carbocycles. The minimum absolute atomic E-state index is 0.0697. The van der Waals surface area contributed by atoms with Gasteiger partial charge in [0.2, 0.25) is 17.6 Å². The van der Waals surface area contributed by atoms with Crippen molar-refractivity contribution in [2.75, 3.05) is 12.3 Å². The minimum atomic E-state index is -0.0697. The highest BCUT2D eigenvalue weighted by Crippen LogP contribution is 2.26. The maximum atomic E-state index is 12.7. The van der Waals surface area contributed by atoms with Crippen LogP contribution in [0.15, 0.2) is 29.4 Å². The molecular weight excluding hydrogens is 400 g/mol. The van der Waals surface area contributed by atoms with Crippen molar-refractivity contribution >= 4 is 40.4 Å². The number of nitrogens with one attached hydrogen (secondary N) is 1. The van der Waals surface area contributed by atoms with Crippen LogP contribution in [0.5, 0.6) is 0 Å². The fraction of sp³-hybridized carbons (Fsp3) is 0.524. The number of piperidine rings is 1. The standard InChI is InChI=1S/C21H28N6O2S/c1-14(2)22-18(28)12-26-16-9-4-5-10-17(16)27-20(26)23-24-21(27)30-13-19(29)25-11-7-6-8-15(25)3/h4-5,9-10,14-15H,6-8,11-13H2,1-3H3,(H,22,28). The van der Waals surface area contributed by atoms with Crippen molar-refractivity contribution in [1.29, 1.82) is 0 Å². The van der Waals surface area contributed by atoms with Crippen molar-refractivity contribution in [3.8, 4) is 0 Å². The summed E-state index contributed by atoms with van der Waals surface area (Å²) >= 11 is 1.40. The second-order valence-electron chi connectivity index (χ2n) is 8.14. The minimum Gasteiger partial charge on any atom is -0.352 e. The number of aromatic nitrogens is 4. The van der Waals surface area contributed by atoms with Crippen molar-refractivity contribution in [2.45, 2.75) is 63.8 Å². The molecule has 1 aliphatic rings. The van der Waals surface area contributed by atoms with Gasteiger partial charge in [-0.1, -0.05) is 23.9 Å². The maximum Gasteiger partial charge on any atom is 0.240 e. The van der Waals surface area contributed by atoms with Gasteiger partial charge in [-0.3, -0.25) is 18.6 Å². The third-order valence-electron chi connectivity index (χ3n) is 5.47. The number of hydrogen-bond donors (Lipinski definition) is 1. The van der Waals surface area contributed by atoms with Crippen LogP contribution < -0.4 is 5.32 Å². The van der Waals surface area contributed by atoms with Crippen LogP contribution in [-0.4, -0.2) is 60.3 Å². The third kappa shape index (κ3) is 4.03. The highest BCUT2D eigenvalue weighted by Gasteiger charge is 2.24. The Bertz CT molecular complexity index is 1070. The van der Waals surface area contributed by atoms with Crippen molar-refractivity contribution in [1.82, 2.24) is 29.4 Å². The molecule has 4 rings (SSSR count). The van der Waals surface area contributed by atoms with Crippen molar-refractivity contribution in [2.24, 2.45) is 0 Å². The van der Waals surface area contributed by atoms with Gasteiger partial charge in [-0.15, -0.1) is 10.2 Å². The Kier molecular flexibility index (Phi) is 5.99. The van der Waals surface area contributed by atoms with Crippen molar-refractivity contribution in [3.63, 3.8) is 0 Å². The molecule has 1 unspecified atom stereocenters. The van der Waals surface area contributed by atoms with Crippen LogP contribution in [0.2, 0.25) is 0 Å². The average molecular weight is 429 g/mol. The van der Waals surface area contributed by atoms with E-state index >= 15 is 0 Å². The number of fused-ring (bicyclic) bond motifs is 3. The van der Waals surface area contributed by atoms with Gasteiger partial charge in [0.05, 0.1) is 16.8 Å². The molecule has 0 spiro atoms. The Morgan fingerprint density at radius 2 is 1.97 bits per heavy atom. The molecule has 3 heterocycles. The summed E-state index contributed by atoms with van der Waals surface area (Å²) in [5.41, 5.74) is 1.84. The zero-order valence-electron chi connectivity index (χ0n) is 17.7. The number of imidazole rings is 1. The van der Waals surface area contributed by atoms with E-state index in [9.17, 15) is 9.59 Å². The summed E-state index contributed by atoms with van der Waals surface area (Å²) in [5.74, 6) is 1.01. The Labute approximate surface area is 180 Å². The van der Waals surface area contributed by atoms with Crippen LogP contribution in [-0.2, 0) is 16.1 Å². The number of carbonyl (C=O) groups excluding carboxylic acids is 2. The molecule has 30 heavy (non-hydrogen) atoms. The predicted octanol–water partition coefficient (Wildman–Crippen LogP) is 2.70. The SMILES string of the molecule is CC(C)NC(=O)Cn1c2ccccc2n2c(SCC(=O)N3CCCCC3C)nnc12. The summed E-state index contributed by atoms with van der Waals surface area (Å²) in [6.07, 6.45) is 3.33. The lowest BCUT2D eigenvalue weighted by Crippen LogP contribution is -2.42. The van der Waals surface area contributed by atoms with E-state index in [4.69, 9.17) is 0 Å². The molecule has 0 radical (unpaired) electrons. The maximum absolute atomic E-state index is 12.7. The first-order chi connectivity index (χ1) is 14.5. The summed E-state index contributed by atoms with van der Waals surface area (Å²) < 4.78 is 3.81. The lowest BCUT2D eigenvalue weighted by atomic mass is 10.0. The number of benzene rings is 1. The Hall–Kier alpha value is -2.55. The Morgan fingerprint density at radius 3 is 2.70 bits per heavy atom. The van der Waals surface area contributed by atoms with E-state index in [1.165, 1.54) is 18.2 Å². The number of nitrogens with zero attached hydrogens (tertiary/aromatic N) is 5. The first-order valence-electron chi connectivity index (χ1n) is 10.5. The molecule has 1 fully saturated rings. The van der Waals surface area contributed by atoms with Gasteiger partial charge >= 0.3 is 0 Å². The van der Waals surface area contributed by atoms with Crippen LogP contribution in [0.25, 0.3) is 16.8 Å². The van der Waals surface area contributed by atoms with Crippen molar-refractivity contribution < 1.29 is 9.59 Å². The fourth-order valence-electron chi connectivity index (χ4n) is 4.08. The van der Waals surface area contributed by atoms with Crippen LogP contribution in [0.4, 0.5) is 0 Å². The number of hydrogen-bond acceptors (Lipinski definition) is 5. The average Bonchev–Trinajstić information content (AvgIpc) is 3.25. The van der Waals surface area contributed by atoms with E-state index in [2.05, 4.69) is 22.4 Å². The summed E-state index contributed by atoms with van der Waals surface area (Å²) in [6.45, 7) is 7.00. The number of likely N-dealkylation sites (tertiary alicyclic amines) is 1. The molecular formula is C21H28N6O2S. The number of amides is 2. The molecule has 2 aromatic heterocycles. The normalized spacial score (nSPS) is 17.2. The van der Waals surface area contributed by atoms with Gasteiger partial charge in [-0.25, -0.2) is 0 Å². The zero-order valence-corrected chi connectivity index (χ0v) is 18.5. The largest absolute Gasteiger partial charge is 0.352 e. The van der Waals surface area contributed by atoms with Gasteiger partial charge < -0.3 is 10.2 Å². The molecule has 0 aliphatic carbocycles. The fourth-order valence-corrected chi connectivity index (χ4v) is 4.90. The molecule has 3 aromatic rings. The van der Waals surface area contributed by atoms with Gasteiger partial charge in [0.15, 0.2) is 5.16 Å². The van der Waals surface area contributed by atoms with E-state index in [1.54, 1.807) is 0 Å². The van der Waals surface area contributed by atoms with Crippen LogP contribution in [0.3, 0.4) is 0 Å². The van der Waals surface area contributed by atoms with Crippen LogP contribution >= 0.6 is 11.8 Å². The highest BCUT2D eigenvalue weighted by molar-refractivity contribution is 7.99. The quantitative estimate of drug-likeness (QED) is 0.610. The summed E-state index contributed by atoms with van der Waals surface area (Å²) in [5, 5.41) is 12.3. The van der Waals surface area contributed by atoms with Crippen LogP contribution in [0, 0.1) is 0 Å². The summed E-state index contributed by atoms with van der Waals surface area (Å²) in [7, 11) is 0. The van der Waals surface area contributed by atoms with Gasteiger partial charge in [-0.05, 0) is 52.2 Å². The van der Waals surface area contributed by atoms with Gasteiger partial charge in [-0.2, -0.15) is 0 Å². The first kappa shape index (κ1) is 20.7. The predicted molar refractivity (Wildman–Crippen MR) is 118 cm³/mol. The number of thioether (sulfide) groups is 1. The molecule has 1 N–H and O–H groups in total. The van der Waals surface area contributed by atoms with E-state index in [0.717, 1.165) is 30.4 Å². The number of para-hydroxylation sites is 2. The monoisotopic (exact) mass is 428 g/mol. The molecule has 1 atom stereocenters. The van der Waals surface area contributed by atoms with Crippen LogP contribution in [0.1, 0.15) is 40.0 Å². The smallest absolute Gasteiger partial charge is 0.240 e. The van der Waals surface area contributed by atoms with Crippen molar-refractivity contribution in [3.05, 3.63) is 24.3 Å². The zero-order chi connectivity index (χ0) is 21.3. The second-order valence-corrected chi connectivity index (χ2v) is 9.08. The number of carbonyl (C=O) groups is 2. The van der Waals surface area contributed by atoms with E-state index in [-0.39, 0.29) is 24.4 Å². The van der Waals surface area contributed by atoms with E-state index in [0.29, 0.717) is 22.7 Å². The third-order valence-corrected chi connectivity index (χ3v) is 6.38. The molecule has 1 aliphatic heterocycles. The first-order valence-corrected chi connectivity index (χ1v) is 11.5. The van der Waals surface area contributed by atoms with Gasteiger partial charge in [0.1, 0.15) is 6.54 Å². The Morgan fingerprint density at radius 1 is 1.20 bits per heavy atom. The highest BCUT2D eigenvalue weighted by atomic mass is 32.2. The van der Waals surface area contributed by atoms with E-state index < -0.39 is 0 Å². The molecule has 0 bridgehead atoms. The summed E-state index contributed by atoms with van der Waals surface area (Å²) in [6, 6.07) is 8.23. The lowest BCUT2D eigenvalue weighted by Gasteiger charge is -2.33. The van der Waals surface area contributed by atoms with E-state index in [1.807, 2.05) is 52.0 Å². The molecule has 1 saturated heterocycles. The van der Waals surface area contributed by atoms with Gasteiger partial charge in [0.25, 0.3) is 0 Å². The lowest BCUT2D eigenvalue weighted by molar-refractivity contribution is -0.131. The molecule has 9 heteroatoms. The molecule has 2 amide bonds. The Balaban J connectivity index is 1.60. The number of rotatable bonds is 6.